The molecular formula is C42H42O8. The van der Waals surface area contributed by atoms with Gasteiger partial charge >= 0.3 is 0 Å². The Morgan fingerprint density at radius 2 is 0.560 bits per heavy atom. The summed E-state index contributed by atoms with van der Waals surface area (Å²) in [4.78, 5) is 0. The number of benzene rings is 5. The maximum Gasteiger partial charge on any atom is 0.120 e. The van der Waals surface area contributed by atoms with E-state index >= 15 is 0 Å². The summed E-state index contributed by atoms with van der Waals surface area (Å²) < 4.78 is 45.8. The van der Waals surface area contributed by atoms with Gasteiger partial charge in [0.1, 0.15) is 60.9 Å². The lowest BCUT2D eigenvalue weighted by molar-refractivity contribution is 0.280. The Labute approximate surface area is 293 Å². The molecule has 0 bridgehead atoms. The quantitative estimate of drug-likeness (QED) is 0.0763. The van der Waals surface area contributed by atoms with Crippen molar-refractivity contribution in [1.29, 1.82) is 0 Å². The van der Waals surface area contributed by atoms with Crippen molar-refractivity contribution in [3.63, 3.8) is 0 Å². The first-order valence-corrected chi connectivity index (χ1v) is 17.2. The molecule has 2 heterocycles. The largest absolute Gasteiger partial charge is 0.493 e. The minimum atomic E-state index is 0.381. The van der Waals surface area contributed by atoms with Crippen molar-refractivity contribution in [3.8, 4) is 34.5 Å². The maximum absolute atomic E-state index is 6.01. The van der Waals surface area contributed by atoms with Crippen LogP contribution in [0.15, 0.2) is 121 Å². The van der Waals surface area contributed by atoms with Crippen LogP contribution in [0.4, 0.5) is 0 Å². The molecule has 258 valence electrons. The summed E-state index contributed by atoms with van der Waals surface area (Å²) >= 11 is 0. The van der Waals surface area contributed by atoms with E-state index in [2.05, 4.69) is 48.5 Å². The van der Waals surface area contributed by atoms with Gasteiger partial charge in [-0.15, -0.1) is 0 Å². The zero-order valence-corrected chi connectivity index (χ0v) is 28.0. The standard InChI is InChI=1S/C42H42O8/c1-5-33(6-2-31(1)25-45-37-13-9-35(10-14-37)43-23-21-41-29-49-41)27-47-39-17-19-40(20-18-39)48-28-34-7-3-32(4-8-34)26-46-38-15-11-36(12-16-38)44-24-22-42-30-50-42/h1-20,41-42H,21-30H2. The fourth-order valence-corrected chi connectivity index (χ4v) is 5.11. The van der Waals surface area contributed by atoms with Crippen LogP contribution in [0.2, 0.25) is 0 Å². The first kappa shape index (κ1) is 33.3. The van der Waals surface area contributed by atoms with Crippen LogP contribution in [0.25, 0.3) is 0 Å². The molecule has 0 aromatic heterocycles. The van der Waals surface area contributed by atoms with Gasteiger partial charge in [0.25, 0.3) is 0 Å². The molecule has 0 amide bonds. The van der Waals surface area contributed by atoms with E-state index in [1.165, 1.54) is 0 Å². The number of ether oxygens (including phenoxy) is 8. The highest BCUT2D eigenvalue weighted by molar-refractivity contribution is 5.34. The Bertz CT molecular complexity index is 1600. The SMILES string of the molecule is c1cc(COc2ccc(OCc3ccc(COc4ccc(OCCC5CO5)cc4)cc3)cc2)ccc1COc1ccc(OCCC2CO2)cc1. The summed E-state index contributed by atoms with van der Waals surface area (Å²) in [5.41, 5.74) is 4.34. The molecule has 7 rings (SSSR count). The minimum absolute atomic E-state index is 0.381. The van der Waals surface area contributed by atoms with Gasteiger partial charge in [-0.05, 0) is 95.1 Å². The van der Waals surface area contributed by atoms with Crippen LogP contribution >= 0.6 is 0 Å². The molecule has 50 heavy (non-hydrogen) atoms. The molecule has 2 fully saturated rings. The van der Waals surface area contributed by atoms with Crippen LogP contribution < -0.4 is 28.4 Å². The fourth-order valence-electron chi connectivity index (χ4n) is 5.11. The van der Waals surface area contributed by atoms with Gasteiger partial charge in [0.05, 0.1) is 38.6 Å². The highest BCUT2D eigenvalue weighted by Gasteiger charge is 2.22. The molecule has 2 atom stereocenters. The zero-order valence-electron chi connectivity index (χ0n) is 28.0. The van der Waals surface area contributed by atoms with Gasteiger partial charge in [-0.2, -0.15) is 0 Å². The van der Waals surface area contributed by atoms with E-state index in [4.69, 9.17) is 37.9 Å². The van der Waals surface area contributed by atoms with Crippen LogP contribution in [-0.2, 0) is 35.9 Å². The van der Waals surface area contributed by atoms with Gasteiger partial charge in [0, 0.05) is 12.8 Å². The molecule has 0 aliphatic carbocycles. The van der Waals surface area contributed by atoms with Gasteiger partial charge in [0.2, 0.25) is 0 Å². The number of rotatable bonds is 20. The van der Waals surface area contributed by atoms with E-state index in [0.717, 1.165) is 82.8 Å². The minimum Gasteiger partial charge on any atom is -0.493 e. The van der Waals surface area contributed by atoms with E-state index in [-0.39, 0.29) is 0 Å². The Kier molecular flexibility index (Phi) is 11.3. The maximum atomic E-state index is 6.01. The molecule has 0 spiro atoms. The third-order valence-electron chi connectivity index (χ3n) is 8.36. The van der Waals surface area contributed by atoms with Crippen LogP contribution in [0, 0.1) is 0 Å². The molecule has 2 unspecified atom stereocenters. The molecule has 0 N–H and O–H groups in total. The second kappa shape index (κ2) is 17.0. The summed E-state index contributed by atoms with van der Waals surface area (Å²) in [6.45, 7) is 4.98. The molecule has 2 aliphatic rings. The Hall–Kier alpha value is -5.18. The first-order chi connectivity index (χ1) is 24.7. The van der Waals surface area contributed by atoms with E-state index < -0.39 is 0 Å². The predicted molar refractivity (Wildman–Crippen MR) is 189 cm³/mol. The van der Waals surface area contributed by atoms with E-state index in [0.29, 0.717) is 51.8 Å². The number of epoxide rings is 2. The number of hydrogen-bond donors (Lipinski definition) is 0. The van der Waals surface area contributed by atoms with Gasteiger partial charge in [-0.3, -0.25) is 0 Å². The topological polar surface area (TPSA) is 80.4 Å². The molecule has 8 heteroatoms. The van der Waals surface area contributed by atoms with Crippen LogP contribution in [-0.4, -0.2) is 38.6 Å². The van der Waals surface area contributed by atoms with Crippen LogP contribution in [0.5, 0.6) is 34.5 Å². The van der Waals surface area contributed by atoms with Gasteiger partial charge in [-0.1, -0.05) is 48.5 Å². The average Bonchev–Trinajstić information content (AvgIpc) is 4.11. The third kappa shape index (κ3) is 10.9. The lowest BCUT2D eigenvalue weighted by Gasteiger charge is -2.11. The first-order valence-electron chi connectivity index (χ1n) is 17.2. The molecule has 0 saturated carbocycles. The Morgan fingerprint density at radius 1 is 0.340 bits per heavy atom. The summed E-state index contributed by atoms with van der Waals surface area (Å²) in [6.07, 6.45) is 2.63. The second-order valence-electron chi connectivity index (χ2n) is 12.4. The van der Waals surface area contributed by atoms with E-state index in [9.17, 15) is 0 Å². The van der Waals surface area contributed by atoms with E-state index in [1.807, 2.05) is 72.8 Å². The number of hydrogen-bond acceptors (Lipinski definition) is 8. The van der Waals surface area contributed by atoms with Crippen LogP contribution in [0.3, 0.4) is 0 Å². The fraction of sp³-hybridized carbons (Fsp3) is 0.286. The van der Waals surface area contributed by atoms with Crippen molar-refractivity contribution >= 4 is 0 Å². The molecule has 5 aromatic rings. The average molecular weight is 675 g/mol. The highest BCUT2D eigenvalue weighted by Crippen LogP contribution is 2.23. The van der Waals surface area contributed by atoms with Gasteiger partial charge in [-0.25, -0.2) is 0 Å². The monoisotopic (exact) mass is 674 g/mol. The van der Waals surface area contributed by atoms with Crippen molar-refractivity contribution in [1.82, 2.24) is 0 Å². The second-order valence-corrected chi connectivity index (χ2v) is 12.4. The summed E-state index contributed by atoms with van der Waals surface area (Å²) in [5.74, 6) is 4.87. The lowest BCUT2D eigenvalue weighted by atomic mass is 10.1. The smallest absolute Gasteiger partial charge is 0.120 e. The Morgan fingerprint density at radius 3 is 0.780 bits per heavy atom. The van der Waals surface area contributed by atoms with Crippen molar-refractivity contribution in [2.75, 3.05) is 26.4 Å². The lowest BCUT2D eigenvalue weighted by Crippen LogP contribution is -2.01. The normalized spacial score (nSPS) is 15.9. The molecule has 8 nitrogen and oxygen atoms in total. The van der Waals surface area contributed by atoms with Crippen molar-refractivity contribution < 1.29 is 37.9 Å². The van der Waals surface area contributed by atoms with Gasteiger partial charge < -0.3 is 37.9 Å². The van der Waals surface area contributed by atoms with E-state index in [1.54, 1.807) is 0 Å². The summed E-state index contributed by atoms with van der Waals surface area (Å²) in [5, 5.41) is 0. The predicted octanol–water partition coefficient (Wildman–Crippen LogP) is 8.34. The van der Waals surface area contributed by atoms with Crippen molar-refractivity contribution in [2.45, 2.75) is 51.5 Å². The summed E-state index contributed by atoms with van der Waals surface area (Å²) in [6, 6.07) is 39.7. The third-order valence-corrected chi connectivity index (χ3v) is 8.36. The molecule has 2 saturated heterocycles. The zero-order chi connectivity index (χ0) is 33.8. The molecular weight excluding hydrogens is 632 g/mol. The molecule has 0 radical (unpaired) electrons. The van der Waals surface area contributed by atoms with Crippen LogP contribution in [0.1, 0.15) is 35.1 Å². The molecule has 5 aromatic carbocycles. The molecule has 2 aliphatic heterocycles. The highest BCUT2D eigenvalue weighted by atomic mass is 16.6. The Balaban J connectivity index is 0.775. The van der Waals surface area contributed by atoms with Crippen molar-refractivity contribution in [2.24, 2.45) is 0 Å². The summed E-state index contributed by atoms with van der Waals surface area (Å²) in [7, 11) is 0. The van der Waals surface area contributed by atoms with Crippen molar-refractivity contribution in [3.05, 3.63) is 144 Å². The van der Waals surface area contributed by atoms with Gasteiger partial charge in [0.15, 0.2) is 0 Å².